The molecule has 0 bridgehead atoms. The van der Waals surface area contributed by atoms with E-state index < -0.39 is 42.1 Å². The monoisotopic (exact) mass is 314 g/mol. The number of amides is 2. The van der Waals surface area contributed by atoms with Crippen LogP contribution in [-0.4, -0.2) is 35.0 Å². The number of carboxylic acid groups (broad SMARTS) is 1. The lowest BCUT2D eigenvalue weighted by Gasteiger charge is -2.29. The Bertz CT molecular complexity index is 608. The van der Waals surface area contributed by atoms with Gasteiger partial charge in [-0.2, -0.15) is 0 Å². The Labute approximate surface area is 124 Å². The van der Waals surface area contributed by atoms with Crippen LogP contribution in [0.15, 0.2) is 18.2 Å². The minimum Gasteiger partial charge on any atom is -0.481 e. The first-order valence-electron chi connectivity index (χ1n) is 6.14. The zero-order valence-corrected chi connectivity index (χ0v) is 11.5. The third-order valence-electron chi connectivity index (χ3n) is 3.10. The van der Waals surface area contributed by atoms with Crippen molar-refractivity contribution in [2.75, 3.05) is 0 Å². The molecule has 2 rings (SSSR count). The fourth-order valence-electron chi connectivity index (χ4n) is 2.06. The number of carbonyl (C=O) groups is 3. The van der Waals surface area contributed by atoms with Crippen molar-refractivity contribution < 1.29 is 23.9 Å². The molecule has 1 aromatic carbocycles. The molecule has 0 radical (unpaired) electrons. The first-order chi connectivity index (χ1) is 9.88. The van der Waals surface area contributed by atoms with Crippen molar-refractivity contribution in [3.8, 4) is 0 Å². The third-order valence-corrected chi connectivity index (χ3v) is 3.39. The molecule has 0 aromatic heterocycles. The molecule has 1 aromatic rings. The zero-order valence-electron chi connectivity index (χ0n) is 10.7. The van der Waals surface area contributed by atoms with Gasteiger partial charge in [0.15, 0.2) is 0 Å². The fourth-order valence-corrected chi connectivity index (χ4v) is 2.26. The molecule has 1 heterocycles. The molecule has 0 spiro atoms. The van der Waals surface area contributed by atoms with E-state index in [0.29, 0.717) is 0 Å². The van der Waals surface area contributed by atoms with Crippen molar-refractivity contribution in [2.24, 2.45) is 0 Å². The maximum absolute atomic E-state index is 13.8. The van der Waals surface area contributed by atoms with Gasteiger partial charge in [-0.15, -0.1) is 0 Å². The summed E-state index contributed by atoms with van der Waals surface area (Å²) in [5, 5.41) is 13.3. The van der Waals surface area contributed by atoms with Gasteiger partial charge >= 0.3 is 5.97 Å². The Morgan fingerprint density at radius 2 is 1.86 bits per heavy atom. The Morgan fingerprint density at radius 1 is 1.24 bits per heavy atom. The average molecular weight is 315 g/mol. The van der Waals surface area contributed by atoms with E-state index in [1.54, 1.807) is 0 Å². The van der Waals surface area contributed by atoms with Crippen molar-refractivity contribution in [2.45, 2.75) is 24.9 Å². The molecular formula is C13H12ClFN2O4. The van der Waals surface area contributed by atoms with E-state index in [0.717, 1.165) is 0 Å². The first-order valence-corrected chi connectivity index (χ1v) is 6.51. The van der Waals surface area contributed by atoms with Crippen LogP contribution in [0, 0.1) is 5.82 Å². The Morgan fingerprint density at radius 3 is 2.52 bits per heavy atom. The SMILES string of the molecule is O=C(O)C[C@@H]1NC(=O)C(Cc2cccc(Cl)c2F)NC1=O. The lowest BCUT2D eigenvalue weighted by molar-refractivity contribution is -0.143. The van der Waals surface area contributed by atoms with E-state index in [9.17, 15) is 18.8 Å². The molecule has 3 N–H and O–H groups in total. The molecule has 21 heavy (non-hydrogen) atoms. The molecule has 8 heteroatoms. The highest BCUT2D eigenvalue weighted by atomic mass is 35.5. The van der Waals surface area contributed by atoms with Crippen molar-refractivity contribution in [1.82, 2.24) is 10.6 Å². The molecule has 1 aliphatic heterocycles. The van der Waals surface area contributed by atoms with Gasteiger partial charge in [-0.05, 0) is 11.6 Å². The van der Waals surface area contributed by atoms with E-state index in [1.807, 2.05) is 0 Å². The van der Waals surface area contributed by atoms with E-state index in [-0.39, 0.29) is 17.0 Å². The number of halogens is 2. The average Bonchev–Trinajstić information content (AvgIpc) is 2.40. The van der Waals surface area contributed by atoms with Gasteiger partial charge in [0.2, 0.25) is 11.8 Å². The third kappa shape index (κ3) is 3.49. The lowest BCUT2D eigenvalue weighted by Crippen LogP contribution is -2.62. The topological polar surface area (TPSA) is 95.5 Å². The number of benzene rings is 1. The Kier molecular flexibility index (Phi) is 4.42. The molecule has 1 unspecified atom stereocenters. The second-order valence-electron chi connectivity index (χ2n) is 4.64. The number of carbonyl (C=O) groups excluding carboxylic acids is 2. The summed E-state index contributed by atoms with van der Waals surface area (Å²) in [4.78, 5) is 34.2. The summed E-state index contributed by atoms with van der Waals surface area (Å²) in [6.07, 6.45) is -0.570. The normalized spacial score (nSPS) is 21.6. The largest absolute Gasteiger partial charge is 0.481 e. The molecule has 1 saturated heterocycles. The summed E-state index contributed by atoms with van der Waals surface area (Å²) in [5.74, 6) is -3.01. The maximum Gasteiger partial charge on any atom is 0.305 e. The van der Waals surface area contributed by atoms with Crippen LogP contribution in [0.5, 0.6) is 0 Å². The van der Waals surface area contributed by atoms with Crippen LogP contribution in [0.25, 0.3) is 0 Å². The van der Waals surface area contributed by atoms with Gasteiger partial charge in [0.25, 0.3) is 0 Å². The fraction of sp³-hybridized carbons (Fsp3) is 0.308. The van der Waals surface area contributed by atoms with Crippen molar-refractivity contribution >= 4 is 29.4 Å². The molecule has 6 nitrogen and oxygen atoms in total. The number of hydrogen-bond acceptors (Lipinski definition) is 3. The second kappa shape index (κ2) is 6.09. The number of piperazine rings is 1. The van der Waals surface area contributed by atoms with E-state index in [1.165, 1.54) is 18.2 Å². The van der Waals surface area contributed by atoms with Crippen LogP contribution < -0.4 is 10.6 Å². The van der Waals surface area contributed by atoms with Crippen LogP contribution in [0.1, 0.15) is 12.0 Å². The van der Waals surface area contributed by atoms with Gasteiger partial charge < -0.3 is 15.7 Å². The van der Waals surface area contributed by atoms with Gasteiger partial charge in [0, 0.05) is 6.42 Å². The highest BCUT2D eigenvalue weighted by molar-refractivity contribution is 6.30. The van der Waals surface area contributed by atoms with Gasteiger partial charge in [-0.1, -0.05) is 23.7 Å². The molecule has 1 aliphatic rings. The molecule has 1 fully saturated rings. The van der Waals surface area contributed by atoms with Crippen molar-refractivity contribution in [3.63, 3.8) is 0 Å². The van der Waals surface area contributed by atoms with Gasteiger partial charge in [-0.25, -0.2) is 4.39 Å². The molecule has 112 valence electrons. The number of aliphatic carboxylic acids is 1. The predicted molar refractivity (Wildman–Crippen MR) is 71.2 cm³/mol. The van der Waals surface area contributed by atoms with E-state index in [2.05, 4.69) is 10.6 Å². The van der Waals surface area contributed by atoms with E-state index in [4.69, 9.17) is 16.7 Å². The summed E-state index contributed by atoms with van der Waals surface area (Å²) in [5.41, 5.74) is 0.194. The summed E-state index contributed by atoms with van der Waals surface area (Å²) in [7, 11) is 0. The molecule has 0 aliphatic carbocycles. The standard InChI is InChI=1S/C13H12ClFN2O4/c14-7-3-1-2-6(11(7)15)4-8-12(20)17-9(5-10(18)19)13(21)16-8/h1-3,8-9H,4-5H2,(H,16,21)(H,17,20)(H,18,19)/t8?,9-/m0/s1. The minimum absolute atomic E-state index is 0.0657. The highest BCUT2D eigenvalue weighted by Gasteiger charge is 2.35. The van der Waals surface area contributed by atoms with E-state index >= 15 is 0 Å². The van der Waals surface area contributed by atoms with Crippen molar-refractivity contribution in [1.29, 1.82) is 0 Å². The molecule has 0 saturated carbocycles. The first kappa shape index (κ1) is 15.2. The molecule has 2 amide bonds. The summed E-state index contributed by atoms with van der Waals surface area (Å²) in [6.45, 7) is 0. The summed E-state index contributed by atoms with van der Waals surface area (Å²) < 4.78 is 13.8. The van der Waals surface area contributed by atoms with Gasteiger partial charge in [0.1, 0.15) is 17.9 Å². The van der Waals surface area contributed by atoms with Crippen LogP contribution in [-0.2, 0) is 20.8 Å². The van der Waals surface area contributed by atoms with Crippen molar-refractivity contribution in [3.05, 3.63) is 34.6 Å². The Balaban J connectivity index is 2.09. The smallest absolute Gasteiger partial charge is 0.305 e. The number of nitrogens with one attached hydrogen (secondary N) is 2. The number of rotatable bonds is 4. The van der Waals surface area contributed by atoms with Gasteiger partial charge in [-0.3, -0.25) is 14.4 Å². The number of carboxylic acids is 1. The second-order valence-corrected chi connectivity index (χ2v) is 5.04. The maximum atomic E-state index is 13.8. The highest BCUT2D eigenvalue weighted by Crippen LogP contribution is 2.19. The summed E-state index contributed by atoms with van der Waals surface area (Å²) >= 11 is 5.65. The van der Waals surface area contributed by atoms with Crippen LogP contribution in [0.3, 0.4) is 0 Å². The summed E-state index contributed by atoms with van der Waals surface area (Å²) in [6, 6.07) is 2.30. The Hall–Kier alpha value is -2.15. The predicted octanol–water partition coefficient (Wildman–Crippen LogP) is 0.479. The van der Waals surface area contributed by atoms with Gasteiger partial charge in [0.05, 0.1) is 11.4 Å². The van der Waals surface area contributed by atoms with Crippen LogP contribution >= 0.6 is 11.6 Å². The molecular weight excluding hydrogens is 303 g/mol. The quantitative estimate of drug-likeness (QED) is 0.753. The van der Waals surface area contributed by atoms with Crippen LogP contribution in [0.4, 0.5) is 4.39 Å². The lowest BCUT2D eigenvalue weighted by atomic mass is 10.0. The number of hydrogen-bond donors (Lipinski definition) is 3. The molecule has 2 atom stereocenters. The van der Waals surface area contributed by atoms with Crippen LogP contribution in [0.2, 0.25) is 5.02 Å². The minimum atomic E-state index is -1.20. The zero-order chi connectivity index (χ0) is 15.6.